The maximum Gasteiger partial charge on any atom is 0.0702 e. The Morgan fingerprint density at radius 1 is 0.412 bits per heavy atom. The van der Waals surface area contributed by atoms with Crippen LogP contribution in [0.1, 0.15) is 21.0 Å². The van der Waals surface area contributed by atoms with Crippen molar-refractivity contribution in [2.24, 2.45) is 0 Å². The number of para-hydroxylation sites is 6. The third-order valence-corrected chi connectivity index (χ3v) is 18.4. The molecule has 0 aliphatic heterocycles. The van der Waals surface area contributed by atoms with Crippen LogP contribution in [0.4, 0.5) is 34.6 Å². The van der Waals surface area contributed by atoms with E-state index in [4.69, 9.17) is 0 Å². The molecule has 0 fully saturated rings. The molecule has 0 radical (unpaired) electrons. The summed E-state index contributed by atoms with van der Waals surface area (Å²) in [7, 11) is 0. The first-order valence-electron chi connectivity index (χ1n) is 24.4. The van der Waals surface area contributed by atoms with Crippen LogP contribution < -0.4 is 21.2 Å². The van der Waals surface area contributed by atoms with Gasteiger partial charge in [-0.05, 0) is 48.5 Å². The molecule has 5 heterocycles. The van der Waals surface area contributed by atoms with Gasteiger partial charge in [0.15, 0.2) is 0 Å². The van der Waals surface area contributed by atoms with Crippen LogP contribution in [0.5, 0.6) is 0 Å². The normalized spacial score (nSPS) is 10.9. The molecule has 0 atom stereocenters. The third-order valence-electron chi connectivity index (χ3n) is 12.0. The maximum absolute atomic E-state index is 14.4. The molecule has 0 saturated carbocycles. The fraction of sp³-hybridized carbons (Fsp3) is 0. The number of rotatable bonds is 12. The molecule has 0 saturated heterocycles. The second-order valence-electron chi connectivity index (χ2n) is 17.1. The number of nitrogens with zero attached hydrogens (tertiary/aromatic N) is 6. The van der Waals surface area contributed by atoms with Gasteiger partial charge in [-0.3, -0.25) is 0 Å². The summed E-state index contributed by atoms with van der Waals surface area (Å²) in [5.41, 5.74) is 7.97. The molecule has 0 aliphatic rings. The summed E-state index contributed by atoms with van der Waals surface area (Å²) < 4.78 is 60.4. The Labute approximate surface area is 472 Å². The number of hydrogen-bond donors (Lipinski definition) is 2. The molecule has 0 bridgehead atoms. The number of hydrogen-bond acceptors (Lipinski definition) is 7. The van der Waals surface area contributed by atoms with Crippen molar-refractivity contribution in [3.05, 3.63) is 278 Å². The number of fused-ring (bicyclic) bond motifs is 3. The van der Waals surface area contributed by atoms with Crippen molar-refractivity contribution in [3.63, 3.8) is 0 Å². The number of aromatic nitrogens is 5. The number of pyridine rings is 4. The first-order valence-corrected chi connectivity index (χ1v) is 29.2. The minimum absolute atomic E-state index is 0.0888. The van der Waals surface area contributed by atoms with E-state index in [1.54, 1.807) is 60.7 Å². The zero-order valence-electron chi connectivity index (χ0n) is 41.7. The number of carboxylic acid groups (broad SMARTS) is 2. The van der Waals surface area contributed by atoms with Gasteiger partial charge in [-0.25, -0.2) is 0 Å². The van der Waals surface area contributed by atoms with E-state index in [1.807, 2.05) is 0 Å². The van der Waals surface area contributed by atoms with Gasteiger partial charge in [-0.1, -0.05) is 84.9 Å². The van der Waals surface area contributed by atoms with Gasteiger partial charge in [0.05, 0.1) is 22.4 Å². The second kappa shape index (κ2) is 25.0. The average Bonchev–Trinajstić information content (AvgIpc) is 3.99. The van der Waals surface area contributed by atoms with E-state index >= 15 is 0 Å². The molecular formula is C64H42F4Ir2N6O4+2. The Morgan fingerprint density at radius 3 is 1.25 bits per heavy atom. The zero-order chi connectivity index (χ0) is 55.5. The summed E-state index contributed by atoms with van der Waals surface area (Å²) >= 11 is -2.67. The standard InChI is InChI=1S/C30H22N2.2C11H6F2N.2C6H4NO2.2Ir/c1-3-13-23(14-4-1)31(24-15-5-2-6-16-24)29-21-11-12-22-30(29)32-27-19-9-7-17-25(27)26-18-8-10-20-28(26)32;2*12-8-4-5-9(10(13)7-8)11-3-1-2-6-14-11;2*8-6(9)5-3-1-2-4-7-5;;/h1-22H;2*1-4,6-7H;2*1-2,4H,(H,8,9);;/q;;;;;2*+1. The number of aromatic carboxylic acids is 2. The van der Waals surface area contributed by atoms with Gasteiger partial charge in [0.25, 0.3) is 0 Å². The van der Waals surface area contributed by atoms with Crippen molar-refractivity contribution in [2.45, 2.75) is 0 Å². The number of carboxylic acids is 2. The fourth-order valence-corrected chi connectivity index (χ4v) is 15.1. The van der Waals surface area contributed by atoms with Gasteiger partial charge < -0.3 is 9.47 Å². The Morgan fingerprint density at radius 2 is 0.812 bits per heavy atom. The van der Waals surface area contributed by atoms with Crippen LogP contribution in [-0.4, -0.2) is 46.7 Å². The van der Waals surface area contributed by atoms with E-state index < -0.39 is 70.6 Å². The minimum Gasteiger partial charge on any atom is -0.308 e. The smallest absolute Gasteiger partial charge is 0.0702 e. The predicted octanol–water partition coefficient (Wildman–Crippen LogP) is 12.6. The summed E-state index contributed by atoms with van der Waals surface area (Å²) in [6, 6.07) is 67.8. The van der Waals surface area contributed by atoms with Crippen molar-refractivity contribution < 1.29 is 72.8 Å². The molecule has 396 valence electrons. The van der Waals surface area contributed by atoms with E-state index in [1.165, 1.54) is 58.7 Å². The van der Waals surface area contributed by atoms with E-state index in [-0.39, 0.29) is 22.5 Å². The van der Waals surface area contributed by atoms with E-state index in [0.717, 1.165) is 34.9 Å². The van der Waals surface area contributed by atoms with Gasteiger partial charge >= 0.3 is 288 Å². The minimum atomic E-state index is -1.33. The number of halogens is 4. The summed E-state index contributed by atoms with van der Waals surface area (Å²) in [6.45, 7) is 0. The zero-order valence-corrected chi connectivity index (χ0v) is 46.5. The molecule has 0 amide bonds. The Balaban J connectivity index is 0.000000137. The van der Waals surface area contributed by atoms with Crippen LogP contribution in [0, 0.1) is 23.3 Å². The van der Waals surface area contributed by atoms with Gasteiger partial charge in [0, 0.05) is 22.1 Å². The first-order chi connectivity index (χ1) is 39.0. The number of carbonyl (C=O) groups is 2. The third kappa shape index (κ3) is 12.0. The average molecular weight is 1420 g/mol. The Bertz CT molecular complexity index is 3920. The summed E-state index contributed by atoms with van der Waals surface area (Å²) in [4.78, 5) is 40.9. The van der Waals surface area contributed by atoms with Crippen LogP contribution in [0.15, 0.2) is 243 Å². The first kappa shape index (κ1) is 54.1. The molecule has 2 N–H and O–H groups in total. The topological polar surface area (TPSA) is 134 Å². The summed E-state index contributed by atoms with van der Waals surface area (Å²) in [5, 5.41) is 21.0. The van der Waals surface area contributed by atoms with Crippen molar-refractivity contribution in [2.75, 3.05) is 4.90 Å². The quantitative estimate of drug-likeness (QED) is 0.115. The van der Waals surface area contributed by atoms with Crippen molar-refractivity contribution in [3.8, 4) is 28.2 Å². The van der Waals surface area contributed by atoms with Crippen LogP contribution in [0.3, 0.4) is 0 Å². The molecule has 10 nitrogen and oxygen atoms in total. The summed E-state index contributed by atoms with van der Waals surface area (Å²) in [6.07, 6.45) is 5.80. The van der Waals surface area contributed by atoms with E-state index in [9.17, 15) is 37.4 Å². The Hall–Kier alpha value is -9.30. The summed E-state index contributed by atoms with van der Waals surface area (Å²) in [5.74, 6) is -5.16. The van der Waals surface area contributed by atoms with Gasteiger partial charge in [-0.15, -0.1) is 0 Å². The molecule has 12 aromatic rings. The van der Waals surface area contributed by atoms with Gasteiger partial charge in [0.1, 0.15) is 0 Å². The van der Waals surface area contributed by atoms with Gasteiger partial charge in [0.2, 0.25) is 0 Å². The van der Waals surface area contributed by atoms with E-state index in [2.05, 4.69) is 163 Å². The van der Waals surface area contributed by atoms with Crippen LogP contribution in [-0.2, 0) is 35.4 Å². The number of benzene rings is 7. The molecule has 0 spiro atoms. The van der Waals surface area contributed by atoms with E-state index in [0.29, 0.717) is 27.7 Å². The van der Waals surface area contributed by atoms with Crippen LogP contribution >= 0.6 is 0 Å². The molecule has 12 rings (SSSR count). The molecule has 80 heavy (non-hydrogen) atoms. The molecule has 0 unspecified atom stereocenters. The Kier molecular flexibility index (Phi) is 16.9. The SMILES string of the molecule is O=C(O)c1nccc[c]1[Ir+][c]1cc(F)cc(F)c1-c1ccccn1.O=C(O)c1nccc[c]1[Ir+][c]1cc(F)cc(F)c1-c1ccccn1.c1ccc(N(c2ccccc2)c2ccccc2-n2c3ccccc3c3ccccc32)cc1. The van der Waals surface area contributed by atoms with Crippen molar-refractivity contribution in [1.29, 1.82) is 0 Å². The molecule has 7 aromatic carbocycles. The van der Waals surface area contributed by atoms with Crippen molar-refractivity contribution >= 4 is 67.1 Å². The second-order valence-corrected chi connectivity index (χ2v) is 23.5. The monoisotopic (exact) mass is 1420 g/mol. The predicted molar refractivity (Wildman–Crippen MR) is 296 cm³/mol. The molecule has 5 aromatic heterocycles. The molecule has 0 aliphatic carbocycles. The van der Waals surface area contributed by atoms with Crippen LogP contribution in [0.25, 0.3) is 50.0 Å². The molecule has 16 heteroatoms. The number of anilines is 3. The largest absolute Gasteiger partial charge is 0.308 e. The van der Waals surface area contributed by atoms with Gasteiger partial charge in [-0.2, -0.15) is 0 Å². The maximum atomic E-state index is 14.4. The van der Waals surface area contributed by atoms with Crippen LogP contribution in [0.2, 0.25) is 0 Å². The van der Waals surface area contributed by atoms with Crippen molar-refractivity contribution in [1.82, 2.24) is 24.5 Å². The fourth-order valence-electron chi connectivity index (χ4n) is 8.69. The molecular weight excluding hydrogens is 1380 g/mol.